The monoisotopic (exact) mass is 265 g/mol. The molecule has 1 aliphatic rings. The van der Waals surface area contributed by atoms with Crippen LogP contribution in [-0.4, -0.2) is 22.6 Å². The van der Waals surface area contributed by atoms with Gasteiger partial charge in [-0.3, -0.25) is 10.1 Å². The molecule has 0 spiro atoms. The van der Waals surface area contributed by atoms with Crippen molar-refractivity contribution < 1.29 is 9.66 Å². The van der Waals surface area contributed by atoms with E-state index in [0.29, 0.717) is 12.2 Å². The van der Waals surface area contributed by atoms with Gasteiger partial charge in [-0.25, -0.2) is 4.98 Å². The van der Waals surface area contributed by atoms with Crippen LogP contribution < -0.4 is 10.5 Å². The summed E-state index contributed by atoms with van der Waals surface area (Å²) in [6.07, 6.45) is 4.05. The van der Waals surface area contributed by atoms with Gasteiger partial charge in [0.1, 0.15) is 6.10 Å². The van der Waals surface area contributed by atoms with Gasteiger partial charge in [-0.1, -0.05) is 6.42 Å². The van der Waals surface area contributed by atoms with E-state index >= 15 is 0 Å². The lowest BCUT2D eigenvalue weighted by Gasteiger charge is -2.30. The molecule has 1 aromatic rings. The Balaban J connectivity index is 2.21. The minimum absolute atomic E-state index is 0.0632. The molecule has 1 saturated carbocycles. The fraction of sp³-hybridized carbons (Fsp3) is 0.615. The third kappa shape index (κ3) is 3.20. The Hall–Kier alpha value is -1.69. The molecule has 2 unspecified atom stereocenters. The highest BCUT2D eigenvalue weighted by Gasteiger charge is 2.28. The Morgan fingerprint density at radius 3 is 2.89 bits per heavy atom. The number of rotatable bonds is 4. The van der Waals surface area contributed by atoms with Gasteiger partial charge in [0, 0.05) is 17.7 Å². The van der Waals surface area contributed by atoms with Crippen molar-refractivity contribution in [2.24, 2.45) is 11.7 Å². The number of hydrogen-bond acceptors (Lipinski definition) is 5. The van der Waals surface area contributed by atoms with E-state index in [1.165, 1.54) is 6.07 Å². The average molecular weight is 265 g/mol. The number of nitrogens with zero attached hydrogens (tertiary/aromatic N) is 2. The molecular weight excluding hydrogens is 246 g/mol. The van der Waals surface area contributed by atoms with E-state index in [2.05, 4.69) is 4.98 Å². The van der Waals surface area contributed by atoms with Crippen LogP contribution in [0.4, 0.5) is 5.69 Å². The summed E-state index contributed by atoms with van der Waals surface area (Å²) in [5.74, 6) is 0.381. The van der Waals surface area contributed by atoms with Gasteiger partial charge in [0.05, 0.1) is 4.92 Å². The summed E-state index contributed by atoms with van der Waals surface area (Å²) in [5.41, 5.74) is 6.37. The van der Waals surface area contributed by atoms with Crippen molar-refractivity contribution in [3.8, 4) is 5.88 Å². The lowest BCUT2D eigenvalue weighted by atomic mass is 9.86. The molecule has 1 fully saturated rings. The molecule has 0 aliphatic heterocycles. The first-order valence-corrected chi connectivity index (χ1v) is 6.60. The zero-order valence-electron chi connectivity index (χ0n) is 11.0. The summed E-state index contributed by atoms with van der Waals surface area (Å²) in [6, 6.07) is 3.06. The second kappa shape index (κ2) is 5.97. The Labute approximate surface area is 112 Å². The topological polar surface area (TPSA) is 91.3 Å². The molecule has 6 heteroatoms. The maximum absolute atomic E-state index is 11.0. The second-order valence-corrected chi connectivity index (χ2v) is 4.97. The molecule has 0 aromatic carbocycles. The SMILES string of the molecule is Cc1ccc([N+](=O)[O-])c(OC2CCCCC2CN)n1. The van der Waals surface area contributed by atoms with Crippen LogP contribution in [0.5, 0.6) is 5.88 Å². The molecule has 0 amide bonds. The molecule has 1 heterocycles. The summed E-state index contributed by atoms with van der Waals surface area (Å²) in [5, 5.41) is 11.0. The Kier molecular flexibility index (Phi) is 4.31. The number of aromatic nitrogens is 1. The summed E-state index contributed by atoms with van der Waals surface area (Å²) < 4.78 is 5.80. The maximum Gasteiger partial charge on any atom is 0.330 e. The van der Waals surface area contributed by atoms with Crippen molar-refractivity contribution in [1.82, 2.24) is 4.98 Å². The lowest BCUT2D eigenvalue weighted by Crippen LogP contribution is -2.35. The number of pyridine rings is 1. The zero-order chi connectivity index (χ0) is 13.8. The molecule has 0 radical (unpaired) electrons. The molecule has 2 rings (SSSR count). The van der Waals surface area contributed by atoms with E-state index in [1.54, 1.807) is 13.0 Å². The van der Waals surface area contributed by atoms with Crippen LogP contribution in [0.2, 0.25) is 0 Å². The third-order valence-electron chi connectivity index (χ3n) is 3.58. The Morgan fingerprint density at radius 2 is 2.21 bits per heavy atom. The lowest BCUT2D eigenvalue weighted by molar-refractivity contribution is -0.386. The van der Waals surface area contributed by atoms with Crippen LogP contribution in [-0.2, 0) is 0 Å². The number of aryl methyl sites for hydroxylation is 1. The predicted octanol–water partition coefficient (Wildman–Crippen LogP) is 2.19. The van der Waals surface area contributed by atoms with Crippen LogP contribution in [0, 0.1) is 23.0 Å². The largest absolute Gasteiger partial charge is 0.469 e. The molecule has 2 N–H and O–H groups in total. The summed E-state index contributed by atoms with van der Waals surface area (Å²) >= 11 is 0. The van der Waals surface area contributed by atoms with E-state index in [-0.39, 0.29) is 23.6 Å². The average Bonchev–Trinajstić information content (AvgIpc) is 2.39. The zero-order valence-corrected chi connectivity index (χ0v) is 11.0. The molecular formula is C13H19N3O3. The molecule has 1 aromatic heterocycles. The first-order chi connectivity index (χ1) is 9.11. The Bertz CT molecular complexity index is 464. The fourth-order valence-electron chi connectivity index (χ4n) is 2.49. The van der Waals surface area contributed by atoms with Crippen molar-refractivity contribution in [2.45, 2.75) is 38.7 Å². The summed E-state index contributed by atoms with van der Waals surface area (Å²) in [7, 11) is 0. The molecule has 19 heavy (non-hydrogen) atoms. The third-order valence-corrected chi connectivity index (χ3v) is 3.58. The van der Waals surface area contributed by atoms with Gasteiger partial charge in [0.15, 0.2) is 0 Å². The fourth-order valence-corrected chi connectivity index (χ4v) is 2.49. The highest BCUT2D eigenvalue weighted by atomic mass is 16.6. The predicted molar refractivity (Wildman–Crippen MR) is 71.1 cm³/mol. The van der Waals surface area contributed by atoms with Gasteiger partial charge < -0.3 is 10.5 Å². The summed E-state index contributed by atoms with van der Waals surface area (Å²) in [4.78, 5) is 14.7. The molecule has 104 valence electrons. The normalized spacial score (nSPS) is 23.1. The van der Waals surface area contributed by atoms with Crippen LogP contribution in [0.3, 0.4) is 0 Å². The molecule has 1 aliphatic carbocycles. The molecule has 0 bridgehead atoms. The van der Waals surface area contributed by atoms with E-state index in [0.717, 1.165) is 25.7 Å². The molecule has 6 nitrogen and oxygen atoms in total. The van der Waals surface area contributed by atoms with E-state index in [1.807, 2.05) is 0 Å². The minimum Gasteiger partial charge on any atom is -0.469 e. The van der Waals surface area contributed by atoms with E-state index in [9.17, 15) is 10.1 Å². The second-order valence-electron chi connectivity index (χ2n) is 4.97. The first kappa shape index (κ1) is 13.7. The van der Waals surface area contributed by atoms with E-state index < -0.39 is 4.92 Å². The number of ether oxygens (including phenoxy) is 1. The van der Waals surface area contributed by atoms with Gasteiger partial charge in [0.25, 0.3) is 5.88 Å². The van der Waals surface area contributed by atoms with Crippen molar-refractivity contribution in [3.63, 3.8) is 0 Å². The number of nitrogens with two attached hydrogens (primary N) is 1. The van der Waals surface area contributed by atoms with E-state index in [4.69, 9.17) is 10.5 Å². The highest BCUT2D eigenvalue weighted by molar-refractivity contribution is 5.41. The smallest absolute Gasteiger partial charge is 0.330 e. The van der Waals surface area contributed by atoms with Crippen LogP contribution in [0.1, 0.15) is 31.4 Å². The van der Waals surface area contributed by atoms with Crippen LogP contribution in [0.15, 0.2) is 12.1 Å². The molecule has 2 atom stereocenters. The van der Waals surface area contributed by atoms with Gasteiger partial charge in [0.2, 0.25) is 0 Å². The van der Waals surface area contributed by atoms with Gasteiger partial charge >= 0.3 is 5.69 Å². The van der Waals surface area contributed by atoms with Gasteiger partial charge in [-0.05, 0) is 38.8 Å². The standard InChI is InChI=1S/C13H19N3O3/c1-9-6-7-11(16(17)18)13(15-9)19-12-5-3-2-4-10(12)8-14/h6-7,10,12H,2-5,8,14H2,1H3. The van der Waals surface area contributed by atoms with Gasteiger partial charge in [-0.15, -0.1) is 0 Å². The van der Waals surface area contributed by atoms with Crippen molar-refractivity contribution in [3.05, 3.63) is 27.9 Å². The highest BCUT2D eigenvalue weighted by Crippen LogP contribution is 2.31. The van der Waals surface area contributed by atoms with Crippen molar-refractivity contribution in [1.29, 1.82) is 0 Å². The van der Waals surface area contributed by atoms with Crippen molar-refractivity contribution >= 4 is 5.69 Å². The minimum atomic E-state index is -0.456. The van der Waals surface area contributed by atoms with Gasteiger partial charge in [-0.2, -0.15) is 0 Å². The molecule has 0 saturated heterocycles. The quantitative estimate of drug-likeness (QED) is 0.665. The summed E-state index contributed by atoms with van der Waals surface area (Å²) in [6.45, 7) is 2.34. The number of hydrogen-bond donors (Lipinski definition) is 1. The Morgan fingerprint density at radius 1 is 1.47 bits per heavy atom. The van der Waals surface area contributed by atoms with Crippen molar-refractivity contribution in [2.75, 3.05) is 6.54 Å². The van der Waals surface area contributed by atoms with Crippen LogP contribution >= 0.6 is 0 Å². The maximum atomic E-state index is 11.0. The number of nitro groups is 1. The first-order valence-electron chi connectivity index (χ1n) is 6.60. The van der Waals surface area contributed by atoms with Crippen LogP contribution in [0.25, 0.3) is 0 Å².